The standard InChI is InChI=1S/C17H18N2O4S/c20-15(21)13-14(12-8-4-5-9-12)24-16(18-13)19-17(22)23-10-11-6-2-1-3-7-11/h1-3,6-7,12H,4-5,8-10H2,(H,20,21)(H,18,19,22). The number of amides is 1. The summed E-state index contributed by atoms with van der Waals surface area (Å²) in [6.07, 6.45) is 3.51. The van der Waals surface area contributed by atoms with Gasteiger partial charge in [0.25, 0.3) is 0 Å². The van der Waals surface area contributed by atoms with Crippen LogP contribution in [-0.4, -0.2) is 22.2 Å². The Kier molecular flexibility index (Phi) is 5.10. The molecular weight excluding hydrogens is 328 g/mol. The lowest BCUT2D eigenvalue weighted by molar-refractivity contribution is 0.0689. The summed E-state index contributed by atoms with van der Waals surface area (Å²) in [5.74, 6) is -0.830. The van der Waals surface area contributed by atoms with Gasteiger partial charge in [0, 0.05) is 4.88 Å². The van der Waals surface area contributed by atoms with Gasteiger partial charge in [-0.05, 0) is 24.3 Å². The second kappa shape index (κ2) is 7.44. The summed E-state index contributed by atoms with van der Waals surface area (Å²) in [6.45, 7) is 0.152. The van der Waals surface area contributed by atoms with E-state index in [0.29, 0.717) is 0 Å². The smallest absolute Gasteiger partial charge is 0.413 e. The van der Waals surface area contributed by atoms with E-state index in [1.807, 2.05) is 30.3 Å². The second-order valence-corrected chi connectivity index (χ2v) is 6.74. The molecule has 7 heteroatoms. The number of ether oxygens (including phenoxy) is 1. The van der Waals surface area contributed by atoms with Crippen LogP contribution in [0, 0.1) is 0 Å². The number of rotatable bonds is 5. The predicted octanol–water partition coefficient (Wildman–Crippen LogP) is 4.25. The first-order valence-corrected chi connectivity index (χ1v) is 8.67. The van der Waals surface area contributed by atoms with Crippen LogP contribution in [0.5, 0.6) is 0 Å². The third-order valence-corrected chi connectivity index (χ3v) is 5.14. The highest BCUT2D eigenvalue weighted by Gasteiger charge is 2.27. The molecular formula is C17H18N2O4S. The first kappa shape index (κ1) is 16.4. The highest BCUT2D eigenvalue weighted by molar-refractivity contribution is 7.16. The Morgan fingerprint density at radius 2 is 1.96 bits per heavy atom. The molecule has 1 aromatic heterocycles. The van der Waals surface area contributed by atoms with Gasteiger partial charge < -0.3 is 9.84 Å². The predicted molar refractivity (Wildman–Crippen MR) is 90.5 cm³/mol. The molecule has 1 saturated carbocycles. The zero-order chi connectivity index (χ0) is 16.9. The molecule has 2 N–H and O–H groups in total. The molecule has 1 aliphatic carbocycles. The van der Waals surface area contributed by atoms with Crippen molar-refractivity contribution in [1.82, 2.24) is 4.98 Å². The van der Waals surface area contributed by atoms with Gasteiger partial charge in [-0.25, -0.2) is 14.6 Å². The summed E-state index contributed by atoms with van der Waals surface area (Å²) in [5, 5.41) is 12.1. The Morgan fingerprint density at radius 3 is 2.62 bits per heavy atom. The van der Waals surface area contributed by atoms with Crippen molar-refractivity contribution in [3.8, 4) is 0 Å². The fraction of sp³-hybridized carbons (Fsp3) is 0.353. The maximum atomic E-state index is 11.9. The number of nitrogens with one attached hydrogen (secondary N) is 1. The summed E-state index contributed by atoms with van der Waals surface area (Å²) in [4.78, 5) is 28.1. The van der Waals surface area contributed by atoms with Crippen LogP contribution in [-0.2, 0) is 11.3 Å². The fourth-order valence-corrected chi connectivity index (χ4v) is 3.96. The van der Waals surface area contributed by atoms with Gasteiger partial charge in [0.15, 0.2) is 10.8 Å². The van der Waals surface area contributed by atoms with Gasteiger partial charge in [0.05, 0.1) is 0 Å². The van der Waals surface area contributed by atoms with Crippen LogP contribution in [0.2, 0.25) is 0 Å². The first-order chi connectivity index (χ1) is 11.6. The number of carboxylic acids is 1. The Bertz CT molecular complexity index is 723. The van der Waals surface area contributed by atoms with E-state index in [1.54, 1.807) is 0 Å². The molecule has 0 atom stereocenters. The fourth-order valence-electron chi connectivity index (χ4n) is 2.85. The van der Waals surface area contributed by atoms with Crippen molar-refractivity contribution in [2.75, 3.05) is 5.32 Å². The lowest BCUT2D eigenvalue weighted by atomic mass is 10.1. The molecule has 0 bridgehead atoms. The summed E-state index contributed by atoms with van der Waals surface area (Å²) in [7, 11) is 0. The largest absolute Gasteiger partial charge is 0.476 e. The van der Waals surface area contributed by atoms with Gasteiger partial charge in [0.2, 0.25) is 0 Å². The zero-order valence-electron chi connectivity index (χ0n) is 13.0. The lowest BCUT2D eigenvalue weighted by Crippen LogP contribution is -2.13. The van der Waals surface area contributed by atoms with Crippen molar-refractivity contribution < 1.29 is 19.4 Å². The highest BCUT2D eigenvalue weighted by Crippen LogP contribution is 2.40. The van der Waals surface area contributed by atoms with Crippen molar-refractivity contribution >= 4 is 28.5 Å². The maximum Gasteiger partial charge on any atom is 0.413 e. The van der Waals surface area contributed by atoms with E-state index in [1.165, 1.54) is 11.3 Å². The van der Waals surface area contributed by atoms with E-state index in [2.05, 4.69) is 10.3 Å². The number of carboxylic acid groups (broad SMARTS) is 1. The van der Waals surface area contributed by atoms with Crippen LogP contribution in [0.3, 0.4) is 0 Å². The van der Waals surface area contributed by atoms with Gasteiger partial charge in [-0.15, -0.1) is 11.3 Å². The molecule has 0 radical (unpaired) electrons. The number of thiazole rings is 1. The van der Waals surface area contributed by atoms with Crippen molar-refractivity contribution in [2.24, 2.45) is 0 Å². The molecule has 0 unspecified atom stereocenters. The number of benzene rings is 1. The van der Waals surface area contributed by atoms with E-state index in [9.17, 15) is 14.7 Å². The molecule has 1 fully saturated rings. The average Bonchev–Trinajstić information content (AvgIpc) is 3.23. The average molecular weight is 346 g/mol. The van der Waals surface area contributed by atoms with Crippen molar-refractivity contribution in [1.29, 1.82) is 0 Å². The molecule has 0 saturated heterocycles. The molecule has 3 rings (SSSR count). The van der Waals surface area contributed by atoms with Crippen LogP contribution >= 0.6 is 11.3 Å². The van der Waals surface area contributed by atoms with Crippen molar-refractivity contribution in [3.63, 3.8) is 0 Å². The molecule has 0 aliphatic heterocycles. The number of aromatic nitrogens is 1. The number of carbonyl (C=O) groups excluding carboxylic acids is 1. The molecule has 126 valence electrons. The normalized spacial score (nSPS) is 14.5. The van der Waals surface area contributed by atoms with E-state index >= 15 is 0 Å². The number of hydrogen-bond donors (Lipinski definition) is 2. The summed E-state index contributed by atoms with van der Waals surface area (Å²) >= 11 is 1.23. The lowest BCUT2D eigenvalue weighted by Gasteiger charge is -2.06. The quantitative estimate of drug-likeness (QED) is 0.845. The molecule has 1 amide bonds. The number of hydrogen-bond acceptors (Lipinski definition) is 5. The Balaban J connectivity index is 1.65. The van der Waals surface area contributed by atoms with Gasteiger partial charge >= 0.3 is 12.1 Å². The van der Waals surface area contributed by atoms with Gasteiger partial charge in [-0.3, -0.25) is 5.32 Å². The van der Waals surface area contributed by atoms with E-state index in [-0.39, 0.29) is 23.4 Å². The van der Waals surface area contributed by atoms with Crippen molar-refractivity contribution in [3.05, 3.63) is 46.5 Å². The van der Waals surface area contributed by atoms with E-state index < -0.39 is 12.1 Å². The van der Waals surface area contributed by atoms with Crippen LogP contribution in [0.15, 0.2) is 30.3 Å². The summed E-state index contributed by atoms with van der Waals surface area (Å²) in [5.41, 5.74) is 0.926. The van der Waals surface area contributed by atoms with E-state index in [0.717, 1.165) is 36.1 Å². The Labute approximate surface area is 143 Å². The zero-order valence-corrected chi connectivity index (χ0v) is 13.8. The molecule has 2 aromatic rings. The third kappa shape index (κ3) is 3.91. The minimum absolute atomic E-state index is 0.0465. The topological polar surface area (TPSA) is 88.5 Å². The SMILES string of the molecule is O=C(Nc1nc(C(=O)O)c(C2CCCC2)s1)OCc1ccccc1. The molecule has 1 aliphatic rings. The number of anilines is 1. The van der Waals surface area contributed by atoms with Gasteiger partial charge in [-0.2, -0.15) is 0 Å². The number of carbonyl (C=O) groups is 2. The van der Waals surface area contributed by atoms with Gasteiger partial charge in [0.1, 0.15) is 6.61 Å². The van der Waals surface area contributed by atoms with Crippen LogP contribution in [0.4, 0.5) is 9.93 Å². The minimum atomic E-state index is -1.06. The number of nitrogens with zero attached hydrogens (tertiary/aromatic N) is 1. The highest BCUT2D eigenvalue weighted by atomic mass is 32.1. The molecule has 1 heterocycles. The first-order valence-electron chi connectivity index (χ1n) is 7.85. The molecule has 0 spiro atoms. The van der Waals surface area contributed by atoms with Crippen LogP contribution in [0.1, 0.15) is 52.5 Å². The minimum Gasteiger partial charge on any atom is -0.476 e. The monoisotopic (exact) mass is 346 g/mol. The van der Waals surface area contributed by atoms with Crippen molar-refractivity contribution in [2.45, 2.75) is 38.2 Å². The van der Waals surface area contributed by atoms with Crippen LogP contribution < -0.4 is 5.32 Å². The second-order valence-electron chi connectivity index (χ2n) is 5.71. The molecule has 6 nitrogen and oxygen atoms in total. The summed E-state index contributed by atoms with van der Waals surface area (Å²) in [6, 6.07) is 9.33. The van der Waals surface area contributed by atoms with E-state index in [4.69, 9.17) is 4.74 Å². The Hall–Kier alpha value is -2.41. The third-order valence-electron chi connectivity index (χ3n) is 4.00. The molecule has 1 aromatic carbocycles. The summed E-state index contributed by atoms with van der Waals surface area (Å²) < 4.78 is 5.14. The molecule has 24 heavy (non-hydrogen) atoms. The number of aromatic carboxylic acids is 1. The van der Waals surface area contributed by atoms with Gasteiger partial charge in [-0.1, -0.05) is 43.2 Å². The Morgan fingerprint density at radius 1 is 1.25 bits per heavy atom. The van der Waals surface area contributed by atoms with Crippen LogP contribution in [0.25, 0.3) is 0 Å². The maximum absolute atomic E-state index is 11.9.